The van der Waals surface area contributed by atoms with Gasteiger partial charge in [-0.2, -0.15) is 21.9 Å². The van der Waals surface area contributed by atoms with E-state index in [0.29, 0.717) is 44.4 Å². The van der Waals surface area contributed by atoms with Crippen LogP contribution in [-0.2, 0) is 20.2 Å². The van der Waals surface area contributed by atoms with Crippen LogP contribution in [-0.4, -0.2) is 106 Å². The Balaban J connectivity index is 0.000000235. The van der Waals surface area contributed by atoms with Crippen molar-refractivity contribution in [3.05, 3.63) is 166 Å². The number of methoxy groups -OCH3 is 2. The topological polar surface area (TPSA) is 284 Å². The molecule has 0 heterocycles. The fraction of sp³-hybridized carbons (Fsp3) is 0.0800. The molecule has 1 amide bonds. The SMILES string of the molecule is COc1cccc(N=C([O-])c2cc3ccccc3c(N=Nc3cc(S(=O)(=O)O)c(C)cc3Cl)c2[O-])c1.COc1cccc(NC(=O)c2cc3ccccc3c(N=Nc3cc(S(=O)(=O)O)c(C)cc3Cl)c2O)c1.[Ba+2]. The van der Waals surface area contributed by atoms with Crippen LogP contribution in [0.2, 0.25) is 10.0 Å². The Bertz CT molecular complexity index is 3790. The van der Waals surface area contributed by atoms with E-state index in [0.717, 1.165) is 12.1 Å². The number of nitrogens with one attached hydrogen (secondary N) is 1. The zero-order valence-corrected chi connectivity index (χ0v) is 46.3. The molecule has 0 atom stereocenters. The van der Waals surface area contributed by atoms with Crippen LogP contribution in [0.15, 0.2) is 169 Å². The second kappa shape index (κ2) is 23.6. The fourth-order valence-corrected chi connectivity index (χ4v) is 9.08. The van der Waals surface area contributed by atoms with Gasteiger partial charge >= 0.3 is 48.9 Å². The van der Waals surface area contributed by atoms with Crippen molar-refractivity contribution in [2.24, 2.45) is 25.4 Å². The molecule has 23 heteroatoms. The summed E-state index contributed by atoms with van der Waals surface area (Å²) in [4.78, 5) is 16.3. The summed E-state index contributed by atoms with van der Waals surface area (Å²) in [5.74, 6) is -1.48. The largest absolute Gasteiger partial charge is 2.00 e. The first-order chi connectivity index (χ1) is 34.2. The van der Waals surface area contributed by atoms with Crippen molar-refractivity contribution >= 4 is 160 Å². The summed E-state index contributed by atoms with van der Waals surface area (Å²) >= 11 is 12.4. The first-order valence-corrected chi connectivity index (χ1v) is 24.5. The zero-order valence-electron chi connectivity index (χ0n) is 38.7. The van der Waals surface area contributed by atoms with Gasteiger partial charge in [0.05, 0.1) is 51.0 Å². The van der Waals surface area contributed by atoms with Crippen molar-refractivity contribution < 1.29 is 55.5 Å². The number of phenolic OH excluding ortho intramolecular Hbond substituents is 1. The second-order valence-corrected chi connectivity index (χ2v) is 19.1. The quantitative estimate of drug-likeness (QED) is 0.0292. The van der Waals surface area contributed by atoms with Crippen LogP contribution in [0.4, 0.5) is 34.1 Å². The number of anilines is 1. The van der Waals surface area contributed by atoms with E-state index in [-0.39, 0.29) is 109 Å². The third kappa shape index (κ3) is 13.2. The fourth-order valence-electron chi connectivity index (χ4n) is 7.12. The van der Waals surface area contributed by atoms with Crippen LogP contribution in [0, 0.1) is 13.8 Å². The Morgan fingerprint density at radius 3 is 1.63 bits per heavy atom. The molecule has 0 radical (unpaired) electrons. The number of hydrogen-bond donors (Lipinski definition) is 4. The zero-order chi connectivity index (χ0) is 52.1. The van der Waals surface area contributed by atoms with Gasteiger partial charge in [0.1, 0.15) is 28.6 Å². The van der Waals surface area contributed by atoms with E-state index in [9.17, 15) is 46.1 Å². The van der Waals surface area contributed by atoms with Gasteiger partial charge < -0.3 is 30.1 Å². The van der Waals surface area contributed by atoms with E-state index in [2.05, 4.69) is 30.8 Å². The molecule has 18 nitrogen and oxygen atoms in total. The molecule has 0 aromatic heterocycles. The number of phenols is 1. The molecule has 4 N–H and O–H groups in total. The molecule has 0 aliphatic carbocycles. The third-order valence-electron chi connectivity index (χ3n) is 10.6. The van der Waals surface area contributed by atoms with E-state index < -0.39 is 48.4 Å². The van der Waals surface area contributed by atoms with Gasteiger partial charge in [-0.1, -0.05) is 89.6 Å². The van der Waals surface area contributed by atoms with Crippen LogP contribution < -0.4 is 25.0 Å². The number of aromatic hydroxyl groups is 1. The van der Waals surface area contributed by atoms with Crippen molar-refractivity contribution in [1.29, 1.82) is 0 Å². The Hall–Kier alpha value is -6.41. The molecule has 0 saturated carbocycles. The summed E-state index contributed by atoms with van der Waals surface area (Å²) in [6.45, 7) is 2.93. The Kier molecular flexibility index (Phi) is 18.1. The van der Waals surface area contributed by atoms with Gasteiger partial charge in [0.25, 0.3) is 26.1 Å². The minimum absolute atomic E-state index is 0. The number of ether oxygens (including phenoxy) is 2. The van der Waals surface area contributed by atoms with Gasteiger partial charge in [0.15, 0.2) is 5.75 Å². The van der Waals surface area contributed by atoms with E-state index in [4.69, 9.17) is 32.7 Å². The number of rotatable bonds is 12. The van der Waals surface area contributed by atoms with Gasteiger partial charge in [0, 0.05) is 28.6 Å². The normalized spacial score (nSPS) is 11.9. The molecule has 0 bridgehead atoms. The number of carbonyl (C=O) groups excluding carboxylic acids is 1. The molecular formula is C50H38BaCl2N6O12S2. The Morgan fingerprint density at radius 2 is 1.10 bits per heavy atom. The predicted octanol–water partition coefficient (Wildman–Crippen LogP) is 11.0. The number of carbonyl (C=O) groups is 1. The summed E-state index contributed by atoms with van der Waals surface area (Å²) < 4.78 is 75.9. The monoisotopic (exact) mass is 1190 g/mol. The van der Waals surface area contributed by atoms with Crippen molar-refractivity contribution in [3.8, 4) is 23.0 Å². The number of hydrogen-bond acceptors (Lipinski definition) is 15. The average Bonchev–Trinajstić information content (AvgIpc) is 3.33. The summed E-state index contributed by atoms with van der Waals surface area (Å²) in [6, 6.07) is 34.6. The minimum atomic E-state index is -4.54. The minimum Gasteiger partial charge on any atom is -0.871 e. The number of aliphatic imine (C=N–C) groups is 1. The Morgan fingerprint density at radius 1 is 0.616 bits per heavy atom. The predicted molar refractivity (Wildman–Crippen MR) is 275 cm³/mol. The third-order valence-corrected chi connectivity index (χ3v) is 13.2. The van der Waals surface area contributed by atoms with Gasteiger partial charge in [-0.05, 0) is 108 Å². The number of azo groups is 2. The summed E-state index contributed by atoms with van der Waals surface area (Å²) in [6.07, 6.45) is 0. The summed E-state index contributed by atoms with van der Waals surface area (Å²) in [7, 11) is -6.07. The van der Waals surface area contributed by atoms with Crippen LogP contribution >= 0.6 is 23.2 Å². The molecule has 0 saturated heterocycles. The van der Waals surface area contributed by atoms with E-state index in [1.165, 1.54) is 52.3 Å². The first kappa shape index (κ1) is 55.9. The molecule has 73 heavy (non-hydrogen) atoms. The summed E-state index contributed by atoms with van der Waals surface area (Å²) in [5.41, 5.74) is 0.614. The number of amides is 1. The molecular weight excluding hydrogens is 1150 g/mol. The molecule has 8 rings (SSSR count). The number of benzene rings is 8. The molecule has 0 spiro atoms. The van der Waals surface area contributed by atoms with Crippen LogP contribution in [0.1, 0.15) is 27.0 Å². The molecule has 0 aliphatic rings. The smallest absolute Gasteiger partial charge is 0.871 e. The van der Waals surface area contributed by atoms with Gasteiger partial charge in [-0.25, -0.2) is 0 Å². The molecule has 8 aromatic rings. The van der Waals surface area contributed by atoms with Crippen molar-refractivity contribution in [1.82, 2.24) is 0 Å². The van der Waals surface area contributed by atoms with Crippen LogP contribution in [0.5, 0.6) is 23.0 Å². The molecule has 0 aliphatic heterocycles. The maximum atomic E-state index is 13.3. The maximum Gasteiger partial charge on any atom is 2.00 e. The average molecular weight is 1190 g/mol. The van der Waals surface area contributed by atoms with Crippen molar-refractivity contribution in [3.63, 3.8) is 0 Å². The number of fused-ring (bicyclic) bond motifs is 2. The van der Waals surface area contributed by atoms with Gasteiger partial charge in [-0.15, -0.1) is 15.3 Å². The first-order valence-electron chi connectivity index (χ1n) is 20.9. The molecule has 0 fully saturated rings. The molecule has 0 unspecified atom stereocenters. The van der Waals surface area contributed by atoms with Gasteiger partial charge in [0.2, 0.25) is 0 Å². The summed E-state index contributed by atoms with van der Waals surface area (Å²) in [5, 5.41) is 58.3. The van der Waals surface area contributed by atoms with E-state index in [1.807, 2.05) is 0 Å². The molecule has 368 valence electrons. The Labute approximate surface area is 468 Å². The van der Waals surface area contributed by atoms with Gasteiger partial charge in [-0.3, -0.25) is 18.9 Å². The molecule has 8 aromatic carbocycles. The number of nitrogens with zero attached hydrogens (tertiary/aromatic N) is 5. The second-order valence-electron chi connectivity index (χ2n) is 15.5. The number of aryl methyl sites for hydroxylation is 2. The van der Waals surface area contributed by atoms with E-state index in [1.54, 1.807) is 97.1 Å². The van der Waals surface area contributed by atoms with Crippen LogP contribution in [0.3, 0.4) is 0 Å². The van der Waals surface area contributed by atoms with E-state index >= 15 is 0 Å². The van der Waals surface area contributed by atoms with Crippen molar-refractivity contribution in [2.45, 2.75) is 23.6 Å². The maximum absolute atomic E-state index is 13.3. The van der Waals surface area contributed by atoms with Crippen molar-refractivity contribution in [2.75, 3.05) is 19.5 Å². The number of halogens is 2. The van der Waals surface area contributed by atoms with Crippen LogP contribution in [0.25, 0.3) is 21.5 Å². The standard InChI is InChI=1S/2C25H20ClN3O6S.Ba/c2*1-14-10-20(26)21(13-22(14)36(32,33)34)28-29-23-18-9-4-3-6-15(18)11-19(24(23)30)25(31)27-16-7-5-8-17(12-16)35-2;/h2*3-13,30H,1-2H3,(H,27,31)(H,32,33,34);/q;;+2/p-2.